The molecule has 0 aromatic carbocycles. The van der Waals surface area contributed by atoms with Crippen LogP contribution >= 0.6 is 0 Å². The maximum atomic E-state index is 11.6. The van der Waals surface area contributed by atoms with Crippen LogP contribution in [0.5, 0.6) is 0 Å². The summed E-state index contributed by atoms with van der Waals surface area (Å²) in [4.78, 5) is 22.1. The summed E-state index contributed by atoms with van der Waals surface area (Å²) >= 11 is 0. The van der Waals surface area contributed by atoms with Gasteiger partial charge in [-0.15, -0.1) is 0 Å². The zero-order valence-corrected chi connectivity index (χ0v) is 8.86. The van der Waals surface area contributed by atoms with E-state index < -0.39 is 17.9 Å². The number of hydrogen-bond acceptors (Lipinski definition) is 3. The molecule has 0 saturated heterocycles. The van der Waals surface area contributed by atoms with E-state index in [0.717, 1.165) is 18.5 Å². The van der Waals surface area contributed by atoms with Crippen molar-refractivity contribution in [3.8, 4) is 0 Å². The number of carbonyl (C=O) groups is 2. The van der Waals surface area contributed by atoms with Crippen LogP contribution in [0.1, 0.15) is 41.9 Å². The minimum absolute atomic E-state index is 0.245. The number of rotatable bonds is 4. The van der Waals surface area contributed by atoms with Gasteiger partial charge in [0, 0.05) is 11.6 Å². The fourth-order valence-corrected chi connectivity index (χ4v) is 1.39. The molecule has 1 aliphatic carbocycles. The van der Waals surface area contributed by atoms with E-state index >= 15 is 0 Å². The maximum absolute atomic E-state index is 11.6. The normalized spacial score (nSPS) is 16.8. The first-order valence-corrected chi connectivity index (χ1v) is 5.17. The summed E-state index contributed by atoms with van der Waals surface area (Å²) < 4.78 is 0. The minimum atomic E-state index is -1.06. The topological polar surface area (TPSA) is 95.1 Å². The molecule has 16 heavy (non-hydrogen) atoms. The molecule has 1 unspecified atom stereocenters. The molecule has 1 heterocycles. The van der Waals surface area contributed by atoms with Gasteiger partial charge in [0.25, 0.3) is 5.91 Å². The van der Waals surface area contributed by atoms with Crippen LogP contribution in [0.4, 0.5) is 0 Å². The second kappa shape index (κ2) is 3.96. The molecular formula is C10H13N3O3. The number of carboxylic acid groups (broad SMARTS) is 1. The molecule has 1 atom stereocenters. The van der Waals surface area contributed by atoms with Crippen molar-refractivity contribution in [3.05, 3.63) is 17.5 Å². The molecule has 1 fully saturated rings. The second-order valence-electron chi connectivity index (χ2n) is 4.02. The van der Waals surface area contributed by atoms with E-state index in [1.54, 1.807) is 6.07 Å². The highest BCUT2D eigenvalue weighted by Gasteiger charge is 2.27. The van der Waals surface area contributed by atoms with Crippen molar-refractivity contribution in [3.63, 3.8) is 0 Å². The lowest BCUT2D eigenvalue weighted by Crippen LogP contribution is -2.38. The molecular weight excluding hydrogens is 210 g/mol. The number of nitrogens with one attached hydrogen (secondary N) is 2. The van der Waals surface area contributed by atoms with Crippen LogP contribution < -0.4 is 5.32 Å². The van der Waals surface area contributed by atoms with Crippen LogP contribution in [0.2, 0.25) is 0 Å². The smallest absolute Gasteiger partial charge is 0.325 e. The van der Waals surface area contributed by atoms with Crippen molar-refractivity contribution in [1.82, 2.24) is 15.5 Å². The fourth-order valence-electron chi connectivity index (χ4n) is 1.39. The molecule has 0 bridgehead atoms. The van der Waals surface area contributed by atoms with E-state index in [-0.39, 0.29) is 5.69 Å². The van der Waals surface area contributed by atoms with E-state index in [0.29, 0.717) is 5.92 Å². The van der Waals surface area contributed by atoms with Crippen molar-refractivity contribution < 1.29 is 14.7 Å². The second-order valence-corrected chi connectivity index (χ2v) is 4.02. The molecule has 6 heteroatoms. The van der Waals surface area contributed by atoms with Crippen molar-refractivity contribution in [2.75, 3.05) is 0 Å². The fraction of sp³-hybridized carbons (Fsp3) is 0.500. The van der Waals surface area contributed by atoms with E-state index in [4.69, 9.17) is 5.11 Å². The average molecular weight is 223 g/mol. The molecule has 1 aromatic rings. The van der Waals surface area contributed by atoms with Crippen molar-refractivity contribution >= 4 is 11.9 Å². The first kappa shape index (κ1) is 10.7. The van der Waals surface area contributed by atoms with Gasteiger partial charge < -0.3 is 10.4 Å². The first-order chi connectivity index (χ1) is 7.58. The number of amides is 1. The van der Waals surface area contributed by atoms with E-state index in [9.17, 15) is 9.59 Å². The van der Waals surface area contributed by atoms with Crippen molar-refractivity contribution in [2.24, 2.45) is 0 Å². The van der Waals surface area contributed by atoms with Gasteiger partial charge in [-0.25, -0.2) is 0 Å². The third kappa shape index (κ3) is 2.21. The molecule has 6 nitrogen and oxygen atoms in total. The molecule has 1 saturated carbocycles. The first-order valence-electron chi connectivity index (χ1n) is 5.17. The van der Waals surface area contributed by atoms with Gasteiger partial charge in [0.15, 0.2) is 0 Å². The summed E-state index contributed by atoms with van der Waals surface area (Å²) in [6, 6.07) is 0.773. The van der Waals surface area contributed by atoms with Crippen LogP contribution in [0.15, 0.2) is 6.07 Å². The van der Waals surface area contributed by atoms with Crippen LogP contribution in [-0.4, -0.2) is 33.2 Å². The van der Waals surface area contributed by atoms with Gasteiger partial charge in [-0.2, -0.15) is 5.10 Å². The summed E-state index contributed by atoms with van der Waals surface area (Å²) in [5, 5.41) is 17.6. The molecule has 3 N–H and O–H groups in total. The number of aliphatic carboxylic acids is 1. The van der Waals surface area contributed by atoms with Gasteiger partial charge >= 0.3 is 5.97 Å². The van der Waals surface area contributed by atoms with E-state index in [1.165, 1.54) is 6.92 Å². The Balaban J connectivity index is 1.99. The van der Waals surface area contributed by atoms with Crippen LogP contribution in [0.25, 0.3) is 0 Å². The maximum Gasteiger partial charge on any atom is 0.325 e. The Morgan fingerprint density at radius 1 is 1.62 bits per heavy atom. The average Bonchev–Trinajstić information content (AvgIpc) is 2.96. The highest BCUT2D eigenvalue weighted by Crippen LogP contribution is 2.38. The Hall–Kier alpha value is -1.85. The summed E-state index contributed by atoms with van der Waals surface area (Å²) in [6.07, 6.45) is 2.24. The van der Waals surface area contributed by atoms with Gasteiger partial charge in [0.05, 0.1) is 0 Å². The number of hydrogen-bond donors (Lipinski definition) is 3. The van der Waals surface area contributed by atoms with Gasteiger partial charge in [-0.05, 0) is 25.8 Å². The third-order valence-electron chi connectivity index (χ3n) is 2.57. The number of nitrogens with zero attached hydrogens (tertiary/aromatic N) is 1. The van der Waals surface area contributed by atoms with Crippen molar-refractivity contribution in [1.29, 1.82) is 0 Å². The molecule has 1 aromatic heterocycles. The Morgan fingerprint density at radius 3 is 2.88 bits per heavy atom. The molecule has 1 aliphatic rings. The van der Waals surface area contributed by atoms with Gasteiger partial charge in [0.2, 0.25) is 0 Å². The van der Waals surface area contributed by atoms with Gasteiger partial charge in [0.1, 0.15) is 11.7 Å². The summed E-state index contributed by atoms with van der Waals surface area (Å²) in [5.74, 6) is -1.03. The highest BCUT2D eigenvalue weighted by atomic mass is 16.4. The Morgan fingerprint density at radius 2 is 2.31 bits per heavy atom. The predicted octanol–water partition coefficient (Wildman–Crippen LogP) is 0.490. The zero-order valence-electron chi connectivity index (χ0n) is 8.86. The van der Waals surface area contributed by atoms with Crippen molar-refractivity contribution in [2.45, 2.75) is 31.7 Å². The number of carbonyl (C=O) groups excluding carboxylic acids is 1. The van der Waals surface area contributed by atoms with Gasteiger partial charge in [-0.1, -0.05) is 0 Å². The molecule has 2 rings (SSSR count). The number of carboxylic acids is 1. The molecule has 86 valence electrons. The quantitative estimate of drug-likeness (QED) is 0.692. The Labute approximate surface area is 92.0 Å². The van der Waals surface area contributed by atoms with Gasteiger partial charge in [-0.3, -0.25) is 14.7 Å². The SMILES string of the molecule is CC(NC(=O)c1cc(C2CC2)[nH]n1)C(=O)O. The number of H-pyrrole nitrogens is 1. The summed E-state index contributed by atoms with van der Waals surface area (Å²) in [7, 11) is 0. The van der Waals surface area contributed by atoms with Crippen LogP contribution in [-0.2, 0) is 4.79 Å². The molecule has 0 aliphatic heterocycles. The largest absolute Gasteiger partial charge is 0.480 e. The number of aromatic amines is 1. The monoisotopic (exact) mass is 223 g/mol. The Bertz CT molecular complexity index is 423. The third-order valence-corrected chi connectivity index (χ3v) is 2.57. The lowest BCUT2D eigenvalue weighted by atomic mass is 10.2. The van der Waals surface area contributed by atoms with E-state index in [2.05, 4.69) is 15.5 Å². The molecule has 0 radical (unpaired) electrons. The summed E-state index contributed by atoms with van der Waals surface area (Å²) in [5.41, 5.74) is 1.20. The zero-order chi connectivity index (χ0) is 11.7. The van der Waals surface area contributed by atoms with E-state index in [1.807, 2.05) is 0 Å². The molecule has 1 amide bonds. The standard InChI is InChI=1S/C10H13N3O3/c1-5(10(15)16)11-9(14)8-4-7(12-13-8)6-2-3-6/h4-6H,2-3H2,1H3,(H,11,14)(H,12,13)(H,15,16). The lowest BCUT2D eigenvalue weighted by Gasteiger charge is -2.06. The highest BCUT2D eigenvalue weighted by molar-refractivity contribution is 5.94. The minimum Gasteiger partial charge on any atom is -0.480 e. The Kier molecular flexibility index (Phi) is 2.64. The summed E-state index contributed by atoms with van der Waals surface area (Å²) in [6.45, 7) is 1.41. The van der Waals surface area contributed by atoms with Crippen LogP contribution in [0.3, 0.4) is 0 Å². The number of aromatic nitrogens is 2. The predicted molar refractivity (Wildman–Crippen MR) is 55.1 cm³/mol. The van der Waals surface area contributed by atoms with Crippen LogP contribution in [0, 0.1) is 0 Å². The lowest BCUT2D eigenvalue weighted by molar-refractivity contribution is -0.138. The molecule has 0 spiro atoms.